The van der Waals surface area contributed by atoms with Crippen LogP contribution in [0.2, 0.25) is 0 Å². The molecule has 0 saturated carbocycles. The van der Waals surface area contributed by atoms with Crippen molar-refractivity contribution in [2.24, 2.45) is 0 Å². The molecular weight excluding hydrogens is 679 g/mol. The van der Waals surface area contributed by atoms with E-state index >= 15 is 0 Å². The second-order valence-corrected chi connectivity index (χ2v) is 17.1. The van der Waals surface area contributed by atoms with Crippen LogP contribution in [-0.2, 0) is 10.8 Å². The third-order valence-electron chi connectivity index (χ3n) is 11.1. The van der Waals surface area contributed by atoms with Crippen LogP contribution in [0.25, 0.3) is 66.1 Å². The van der Waals surface area contributed by atoms with Gasteiger partial charge in [-0.05, 0) is 109 Å². The summed E-state index contributed by atoms with van der Waals surface area (Å²) in [4.78, 5) is 2.48. The second-order valence-electron chi connectivity index (χ2n) is 17.1. The first kappa shape index (κ1) is 35.3. The largest absolute Gasteiger partial charge is 0.456 e. The number of anilines is 3. The lowest BCUT2D eigenvalue weighted by Gasteiger charge is -2.32. The second kappa shape index (κ2) is 13.7. The molecule has 0 unspecified atom stereocenters. The minimum Gasteiger partial charge on any atom is -0.456 e. The van der Waals surface area contributed by atoms with Gasteiger partial charge in [-0.1, -0.05) is 169 Å². The summed E-state index contributed by atoms with van der Waals surface area (Å²) in [5.41, 5.74) is 14.8. The van der Waals surface area contributed by atoms with Gasteiger partial charge in [-0.2, -0.15) is 0 Å². The van der Waals surface area contributed by atoms with Crippen LogP contribution in [0.4, 0.5) is 17.1 Å². The van der Waals surface area contributed by atoms with E-state index in [1.54, 1.807) is 0 Å². The molecule has 1 aromatic heterocycles. The van der Waals surface area contributed by atoms with Crippen LogP contribution in [0, 0.1) is 0 Å². The van der Waals surface area contributed by atoms with E-state index in [9.17, 15) is 0 Å². The summed E-state index contributed by atoms with van der Waals surface area (Å²) >= 11 is 0. The molecule has 0 aliphatic carbocycles. The molecule has 0 saturated heterocycles. The molecule has 56 heavy (non-hydrogen) atoms. The van der Waals surface area contributed by atoms with E-state index in [-0.39, 0.29) is 10.8 Å². The summed E-state index contributed by atoms with van der Waals surface area (Å²) < 4.78 is 6.35. The van der Waals surface area contributed by atoms with E-state index in [0.29, 0.717) is 0 Å². The van der Waals surface area contributed by atoms with Crippen molar-refractivity contribution >= 4 is 49.8 Å². The highest BCUT2D eigenvalue weighted by Gasteiger charge is 2.25. The third-order valence-corrected chi connectivity index (χ3v) is 11.1. The number of furan rings is 1. The lowest BCUT2D eigenvalue weighted by Crippen LogP contribution is -2.19. The van der Waals surface area contributed by atoms with Gasteiger partial charge in [-0.15, -0.1) is 0 Å². The van der Waals surface area contributed by atoms with E-state index in [2.05, 4.69) is 210 Å². The van der Waals surface area contributed by atoms with Gasteiger partial charge in [-0.25, -0.2) is 0 Å². The van der Waals surface area contributed by atoms with E-state index in [4.69, 9.17) is 4.42 Å². The van der Waals surface area contributed by atoms with Crippen molar-refractivity contribution in [3.8, 4) is 33.4 Å². The van der Waals surface area contributed by atoms with E-state index in [0.717, 1.165) is 50.1 Å². The molecule has 2 nitrogen and oxygen atoms in total. The van der Waals surface area contributed by atoms with Crippen molar-refractivity contribution in [1.29, 1.82) is 0 Å². The topological polar surface area (TPSA) is 16.4 Å². The normalized spacial score (nSPS) is 12.1. The van der Waals surface area contributed by atoms with Crippen molar-refractivity contribution in [2.75, 3.05) is 4.90 Å². The van der Waals surface area contributed by atoms with Gasteiger partial charge >= 0.3 is 0 Å². The van der Waals surface area contributed by atoms with Crippen molar-refractivity contribution in [1.82, 2.24) is 0 Å². The Hall–Kier alpha value is -6.38. The number of para-hydroxylation sites is 2. The maximum absolute atomic E-state index is 6.35. The first-order chi connectivity index (χ1) is 27.0. The molecule has 9 rings (SSSR count). The van der Waals surface area contributed by atoms with Crippen molar-refractivity contribution in [2.45, 2.75) is 52.4 Å². The lowest BCUT2D eigenvalue weighted by atomic mass is 9.80. The molecule has 2 heteroatoms. The molecule has 9 aromatic rings. The average molecular weight is 726 g/mol. The molecular formula is C54H47NO. The van der Waals surface area contributed by atoms with E-state index in [1.165, 1.54) is 44.2 Å². The number of rotatable bonds is 6. The molecule has 0 amide bonds. The molecule has 0 aliphatic rings. The highest BCUT2D eigenvalue weighted by molar-refractivity contribution is 6.09. The Balaban J connectivity index is 1.29. The van der Waals surface area contributed by atoms with Gasteiger partial charge in [0.25, 0.3) is 0 Å². The predicted molar refractivity (Wildman–Crippen MR) is 240 cm³/mol. The Morgan fingerprint density at radius 3 is 1.73 bits per heavy atom. The fraction of sp³-hybridized carbons (Fsp3) is 0.148. The smallest absolute Gasteiger partial charge is 0.136 e. The summed E-state index contributed by atoms with van der Waals surface area (Å²) in [7, 11) is 0. The predicted octanol–water partition coefficient (Wildman–Crippen LogP) is 15.8. The zero-order valence-corrected chi connectivity index (χ0v) is 33.1. The van der Waals surface area contributed by atoms with Crippen LogP contribution < -0.4 is 4.90 Å². The van der Waals surface area contributed by atoms with Crippen molar-refractivity contribution in [3.05, 3.63) is 187 Å². The molecule has 0 aliphatic heterocycles. The summed E-state index contributed by atoms with van der Waals surface area (Å²) in [6.07, 6.45) is 0. The van der Waals surface area contributed by atoms with Gasteiger partial charge in [0.05, 0.1) is 5.69 Å². The Morgan fingerprint density at radius 2 is 0.982 bits per heavy atom. The quantitative estimate of drug-likeness (QED) is 0.170. The number of nitrogens with zero attached hydrogens (tertiary/aromatic N) is 1. The zero-order valence-electron chi connectivity index (χ0n) is 33.1. The van der Waals surface area contributed by atoms with Crippen LogP contribution in [-0.4, -0.2) is 0 Å². The van der Waals surface area contributed by atoms with Crippen molar-refractivity contribution < 1.29 is 4.42 Å². The standard InChI is InChI=1S/C54H47NO/c1-53(2,3)40-33-41(54(4,5)6)35-43(34-40)55(42-22-14-21-38(31-42)39-29-30-47-46-24-11-13-28-50(46)56-51(47)32-39)49-27-12-10-23-45(49)48-26-16-20-37-19-15-25-44(52(37)48)36-17-8-7-9-18-36/h7-35H,1-6H3. The molecule has 0 radical (unpaired) electrons. The van der Waals surface area contributed by atoms with Crippen LogP contribution in [0.3, 0.4) is 0 Å². The molecule has 0 atom stereocenters. The van der Waals surface area contributed by atoms with Crippen LogP contribution >= 0.6 is 0 Å². The van der Waals surface area contributed by atoms with Crippen LogP contribution in [0.5, 0.6) is 0 Å². The fourth-order valence-electron chi connectivity index (χ4n) is 8.08. The molecule has 0 fully saturated rings. The maximum atomic E-state index is 6.35. The Kier molecular flexibility index (Phi) is 8.66. The monoisotopic (exact) mass is 725 g/mol. The van der Waals surface area contributed by atoms with Gasteiger partial charge in [0.15, 0.2) is 0 Å². The fourth-order valence-corrected chi connectivity index (χ4v) is 8.08. The minimum atomic E-state index is -0.0503. The highest BCUT2D eigenvalue weighted by atomic mass is 16.3. The summed E-state index contributed by atoms with van der Waals surface area (Å²) in [5.74, 6) is 0. The third kappa shape index (κ3) is 6.46. The van der Waals surface area contributed by atoms with Gasteiger partial charge in [0, 0.05) is 27.7 Å². The summed E-state index contributed by atoms with van der Waals surface area (Å²) in [6.45, 7) is 13.9. The van der Waals surface area contributed by atoms with Crippen LogP contribution in [0.1, 0.15) is 52.7 Å². The molecule has 0 bridgehead atoms. The Labute approximate surface area is 330 Å². The minimum absolute atomic E-state index is 0.0503. The molecule has 0 spiro atoms. The van der Waals surface area contributed by atoms with E-state index in [1.807, 2.05) is 12.1 Å². The van der Waals surface area contributed by atoms with Gasteiger partial charge in [0.2, 0.25) is 0 Å². The highest BCUT2D eigenvalue weighted by Crippen LogP contribution is 2.47. The average Bonchev–Trinajstić information content (AvgIpc) is 3.58. The Bertz CT molecular complexity index is 2840. The molecule has 0 N–H and O–H groups in total. The van der Waals surface area contributed by atoms with E-state index < -0.39 is 0 Å². The Morgan fingerprint density at radius 1 is 0.393 bits per heavy atom. The molecule has 1 heterocycles. The summed E-state index contributed by atoms with van der Waals surface area (Å²) in [5, 5.41) is 4.75. The number of hydrogen-bond donors (Lipinski definition) is 0. The first-order valence-electron chi connectivity index (χ1n) is 19.7. The van der Waals surface area contributed by atoms with Gasteiger partial charge < -0.3 is 9.32 Å². The van der Waals surface area contributed by atoms with Crippen molar-refractivity contribution in [3.63, 3.8) is 0 Å². The molecule has 8 aromatic carbocycles. The maximum Gasteiger partial charge on any atom is 0.136 e. The zero-order chi connectivity index (χ0) is 38.6. The number of fused-ring (bicyclic) bond motifs is 4. The first-order valence-corrected chi connectivity index (χ1v) is 19.7. The summed E-state index contributed by atoms with van der Waals surface area (Å²) in [6, 6.07) is 64.1. The van der Waals surface area contributed by atoms with Gasteiger partial charge in [0.1, 0.15) is 11.2 Å². The number of hydrogen-bond acceptors (Lipinski definition) is 2. The van der Waals surface area contributed by atoms with Crippen LogP contribution in [0.15, 0.2) is 180 Å². The number of benzene rings is 8. The SMILES string of the molecule is CC(C)(C)c1cc(N(c2cccc(-c3ccc4c(c3)oc3ccccc34)c2)c2ccccc2-c2cccc3cccc(-c4ccccc4)c23)cc(C(C)(C)C)c1. The lowest BCUT2D eigenvalue weighted by molar-refractivity contribution is 0.569. The molecule has 274 valence electrons. The van der Waals surface area contributed by atoms with Gasteiger partial charge in [-0.3, -0.25) is 0 Å².